The average Bonchev–Trinajstić information content (AvgIpc) is 3.07. The minimum atomic E-state index is -0.480. The largest absolute Gasteiger partial charge is 0.492 e. The molecular formula is C25H23N3O3. The number of aromatic nitrogens is 1. The Kier molecular flexibility index (Phi) is 5.50. The lowest BCUT2D eigenvalue weighted by atomic mass is 10.1. The van der Waals surface area contributed by atoms with E-state index in [1.54, 1.807) is 26.2 Å². The molecule has 0 atom stereocenters. The molecule has 0 saturated carbocycles. The van der Waals surface area contributed by atoms with Gasteiger partial charge in [0.1, 0.15) is 17.6 Å². The summed E-state index contributed by atoms with van der Waals surface area (Å²) in [6.07, 6.45) is 2.20. The first-order valence-corrected chi connectivity index (χ1v) is 10.0. The fourth-order valence-electron chi connectivity index (χ4n) is 3.56. The van der Waals surface area contributed by atoms with Crippen molar-refractivity contribution in [2.75, 3.05) is 20.7 Å². The molecule has 6 nitrogen and oxygen atoms in total. The Morgan fingerprint density at radius 3 is 2.58 bits per heavy atom. The van der Waals surface area contributed by atoms with Crippen molar-refractivity contribution in [3.05, 3.63) is 77.5 Å². The average molecular weight is 413 g/mol. The zero-order valence-corrected chi connectivity index (χ0v) is 17.8. The molecule has 0 aliphatic rings. The molecule has 6 heteroatoms. The molecule has 0 fully saturated rings. The molecule has 0 N–H and O–H groups in total. The lowest BCUT2D eigenvalue weighted by molar-refractivity contribution is 0.172. The van der Waals surface area contributed by atoms with Gasteiger partial charge in [-0.1, -0.05) is 36.4 Å². The quantitative estimate of drug-likeness (QED) is 0.464. The second kappa shape index (κ2) is 8.41. The number of carbonyl (C=O) groups is 1. The maximum Gasteiger partial charge on any atom is 0.414 e. The molecule has 2 aromatic heterocycles. The van der Waals surface area contributed by atoms with Crippen LogP contribution >= 0.6 is 0 Å². The zero-order chi connectivity index (χ0) is 22.0. The van der Waals surface area contributed by atoms with E-state index in [4.69, 9.17) is 9.47 Å². The van der Waals surface area contributed by atoms with Crippen molar-refractivity contribution < 1.29 is 14.3 Å². The molecule has 4 aromatic rings. The SMILES string of the molecule is Cc1ccc2c(C#N)c3c(OCCc4ccccc4)cc(OC(=O)N(C)C)cc3n2c1. The Balaban J connectivity index is 1.81. The van der Waals surface area contributed by atoms with E-state index in [-0.39, 0.29) is 0 Å². The minimum Gasteiger partial charge on any atom is -0.492 e. The molecule has 31 heavy (non-hydrogen) atoms. The standard InChI is InChI=1S/C25H23N3O3/c1-17-9-10-21-20(15-26)24-22(28(21)16-17)13-19(31-25(29)27(2)3)14-23(24)30-12-11-18-7-5-4-6-8-18/h4-10,13-14,16H,11-12H2,1-3H3. The van der Waals surface area contributed by atoms with Crippen LogP contribution < -0.4 is 9.47 Å². The van der Waals surface area contributed by atoms with E-state index in [1.807, 2.05) is 60.0 Å². The van der Waals surface area contributed by atoms with Crippen LogP contribution in [-0.2, 0) is 6.42 Å². The van der Waals surface area contributed by atoms with Crippen molar-refractivity contribution in [3.63, 3.8) is 0 Å². The van der Waals surface area contributed by atoms with Crippen molar-refractivity contribution in [3.8, 4) is 17.6 Å². The van der Waals surface area contributed by atoms with Gasteiger partial charge >= 0.3 is 6.09 Å². The molecule has 1 amide bonds. The normalized spacial score (nSPS) is 10.8. The van der Waals surface area contributed by atoms with Crippen LogP contribution in [0.5, 0.6) is 11.5 Å². The number of rotatable bonds is 5. The Bertz CT molecular complexity index is 1300. The van der Waals surface area contributed by atoms with Gasteiger partial charge in [0.2, 0.25) is 0 Å². The molecular weight excluding hydrogens is 390 g/mol. The molecule has 0 aliphatic heterocycles. The van der Waals surface area contributed by atoms with E-state index < -0.39 is 6.09 Å². The Hall–Kier alpha value is -3.98. The van der Waals surface area contributed by atoms with Crippen LogP contribution in [0.4, 0.5) is 4.79 Å². The summed E-state index contributed by atoms with van der Waals surface area (Å²) in [6, 6.07) is 19.7. The molecule has 0 saturated heterocycles. The van der Waals surface area contributed by atoms with E-state index in [0.717, 1.165) is 28.6 Å². The smallest absolute Gasteiger partial charge is 0.414 e. The highest BCUT2D eigenvalue weighted by molar-refractivity contribution is 6.00. The predicted molar refractivity (Wildman–Crippen MR) is 120 cm³/mol. The summed E-state index contributed by atoms with van der Waals surface area (Å²) >= 11 is 0. The van der Waals surface area contributed by atoms with Gasteiger partial charge in [0.05, 0.1) is 28.6 Å². The summed E-state index contributed by atoms with van der Waals surface area (Å²) in [5.41, 5.74) is 4.29. The van der Waals surface area contributed by atoms with Crippen LogP contribution in [-0.4, -0.2) is 36.1 Å². The molecule has 0 spiro atoms. The minimum absolute atomic E-state index is 0.367. The van der Waals surface area contributed by atoms with Crippen LogP contribution in [0.2, 0.25) is 0 Å². The fourth-order valence-corrected chi connectivity index (χ4v) is 3.56. The van der Waals surface area contributed by atoms with Crippen LogP contribution in [0.1, 0.15) is 16.7 Å². The number of amides is 1. The van der Waals surface area contributed by atoms with Crippen LogP contribution in [0, 0.1) is 18.3 Å². The second-order valence-corrected chi connectivity index (χ2v) is 7.61. The number of nitriles is 1. The first-order chi connectivity index (χ1) is 15.0. The molecule has 156 valence electrons. The van der Waals surface area contributed by atoms with E-state index in [1.165, 1.54) is 4.90 Å². The highest BCUT2D eigenvalue weighted by Crippen LogP contribution is 2.37. The summed E-state index contributed by atoms with van der Waals surface area (Å²) in [4.78, 5) is 13.5. The highest BCUT2D eigenvalue weighted by atomic mass is 16.6. The van der Waals surface area contributed by atoms with Crippen LogP contribution in [0.3, 0.4) is 0 Å². The number of nitrogens with zero attached hydrogens (tertiary/aromatic N) is 3. The van der Waals surface area contributed by atoms with Gasteiger partial charge in [-0.25, -0.2) is 4.79 Å². The number of aryl methyl sites for hydroxylation is 1. The molecule has 0 unspecified atom stereocenters. The van der Waals surface area contributed by atoms with Crippen molar-refractivity contribution >= 4 is 22.5 Å². The second-order valence-electron chi connectivity index (χ2n) is 7.61. The monoisotopic (exact) mass is 413 g/mol. The summed E-state index contributed by atoms with van der Waals surface area (Å²) in [6.45, 7) is 2.42. The molecule has 0 aliphatic carbocycles. The predicted octanol–water partition coefficient (Wildman–Crippen LogP) is 4.95. The maximum atomic E-state index is 12.1. The lowest BCUT2D eigenvalue weighted by Crippen LogP contribution is -2.25. The summed E-state index contributed by atoms with van der Waals surface area (Å²) in [5, 5.41) is 10.6. The first-order valence-electron chi connectivity index (χ1n) is 10.0. The summed E-state index contributed by atoms with van der Waals surface area (Å²) in [7, 11) is 3.25. The van der Waals surface area contributed by atoms with Gasteiger partial charge in [0, 0.05) is 38.8 Å². The number of fused-ring (bicyclic) bond motifs is 3. The first kappa shape index (κ1) is 20.3. The van der Waals surface area contributed by atoms with E-state index in [0.29, 0.717) is 29.1 Å². The van der Waals surface area contributed by atoms with Gasteiger partial charge in [-0.15, -0.1) is 0 Å². The summed E-state index contributed by atoms with van der Waals surface area (Å²) in [5.74, 6) is 0.888. The molecule has 0 radical (unpaired) electrons. The van der Waals surface area contributed by atoms with E-state index in [2.05, 4.69) is 6.07 Å². The van der Waals surface area contributed by atoms with Crippen molar-refractivity contribution in [1.29, 1.82) is 5.26 Å². The Morgan fingerprint density at radius 2 is 1.87 bits per heavy atom. The van der Waals surface area contributed by atoms with Crippen molar-refractivity contribution in [2.45, 2.75) is 13.3 Å². The third-order valence-corrected chi connectivity index (χ3v) is 5.09. The van der Waals surface area contributed by atoms with Crippen molar-refractivity contribution in [2.24, 2.45) is 0 Å². The van der Waals surface area contributed by atoms with Gasteiger partial charge in [0.25, 0.3) is 0 Å². The maximum absolute atomic E-state index is 12.1. The van der Waals surface area contributed by atoms with E-state index >= 15 is 0 Å². The van der Waals surface area contributed by atoms with Crippen molar-refractivity contribution in [1.82, 2.24) is 9.30 Å². The number of carbonyl (C=O) groups excluding carboxylic acids is 1. The topological polar surface area (TPSA) is 67.0 Å². The third kappa shape index (κ3) is 4.03. The fraction of sp³-hybridized carbons (Fsp3) is 0.200. The number of hydrogen-bond acceptors (Lipinski definition) is 4. The lowest BCUT2D eigenvalue weighted by Gasteiger charge is -2.13. The Labute approximate surface area is 180 Å². The highest BCUT2D eigenvalue weighted by Gasteiger charge is 2.19. The van der Waals surface area contributed by atoms with Crippen LogP contribution in [0.25, 0.3) is 16.4 Å². The summed E-state index contributed by atoms with van der Waals surface area (Å²) < 4.78 is 13.6. The number of hydrogen-bond donors (Lipinski definition) is 0. The molecule has 2 heterocycles. The third-order valence-electron chi connectivity index (χ3n) is 5.09. The van der Waals surface area contributed by atoms with Gasteiger partial charge < -0.3 is 18.8 Å². The number of benzene rings is 2. The van der Waals surface area contributed by atoms with Gasteiger partial charge in [-0.2, -0.15) is 5.26 Å². The number of pyridine rings is 1. The van der Waals surface area contributed by atoms with Gasteiger partial charge in [0.15, 0.2) is 0 Å². The van der Waals surface area contributed by atoms with Gasteiger partial charge in [-0.3, -0.25) is 0 Å². The zero-order valence-electron chi connectivity index (χ0n) is 17.8. The Morgan fingerprint density at radius 1 is 1.10 bits per heavy atom. The molecule has 0 bridgehead atoms. The number of ether oxygens (including phenoxy) is 2. The molecule has 4 rings (SSSR count). The van der Waals surface area contributed by atoms with Crippen LogP contribution in [0.15, 0.2) is 60.8 Å². The van der Waals surface area contributed by atoms with Gasteiger partial charge in [-0.05, 0) is 24.1 Å². The molecule has 2 aromatic carbocycles. The van der Waals surface area contributed by atoms with E-state index in [9.17, 15) is 10.1 Å².